The molecule has 0 spiro atoms. The smallest absolute Gasteiger partial charge is 0.240 e. The molecule has 0 saturated carbocycles. The number of piperazine rings is 1. The van der Waals surface area contributed by atoms with E-state index in [1.54, 1.807) is 12.1 Å². The van der Waals surface area contributed by atoms with Crippen molar-refractivity contribution in [2.24, 2.45) is 0 Å². The van der Waals surface area contributed by atoms with Crippen LogP contribution in [0.3, 0.4) is 0 Å². The first-order valence-corrected chi connectivity index (χ1v) is 8.54. The second kappa shape index (κ2) is 5.82. The zero-order valence-electron chi connectivity index (χ0n) is 13.0. The monoisotopic (exact) mass is 312 g/mol. The molecule has 3 N–H and O–H groups in total. The predicted octanol–water partition coefficient (Wildman–Crippen LogP) is 0.706. The Morgan fingerprint density at radius 1 is 1.24 bits per heavy atom. The molecule has 1 aromatic carbocycles. The highest BCUT2D eigenvalue weighted by Gasteiger charge is 2.28. The summed E-state index contributed by atoms with van der Waals surface area (Å²) in [6, 6.07) is 5.63. The average Bonchev–Trinajstić information content (AvgIpc) is 2.44. The minimum Gasteiger partial charge on any atom is -0.397 e. The molecule has 1 aliphatic heterocycles. The van der Waals surface area contributed by atoms with Gasteiger partial charge in [-0.05, 0) is 46.1 Å². The second-order valence-corrected chi connectivity index (χ2v) is 7.58. The fourth-order valence-corrected chi connectivity index (χ4v) is 3.43. The van der Waals surface area contributed by atoms with Gasteiger partial charge in [0.2, 0.25) is 10.0 Å². The Hall–Kier alpha value is -1.31. The van der Waals surface area contributed by atoms with Gasteiger partial charge in [-0.1, -0.05) is 0 Å². The molecule has 2 atom stereocenters. The number of hydrogen-bond donors (Lipinski definition) is 2. The van der Waals surface area contributed by atoms with E-state index in [0.717, 1.165) is 18.8 Å². The van der Waals surface area contributed by atoms with Crippen molar-refractivity contribution in [3.63, 3.8) is 0 Å². The quantitative estimate of drug-likeness (QED) is 0.804. The predicted molar refractivity (Wildman–Crippen MR) is 86.0 cm³/mol. The van der Waals surface area contributed by atoms with Crippen LogP contribution in [-0.2, 0) is 10.0 Å². The van der Waals surface area contributed by atoms with E-state index in [1.165, 1.54) is 13.1 Å². The van der Waals surface area contributed by atoms with Crippen molar-refractivity contribution in [2.75, 3.05) is 37.8 Å². The van der Waals surface area contributed by atoms with E-state index in [9.17, 15) is 8.42 Å². The Bertz CT molecular complexity index is 605. The molecule has 0 aromatic heterocycles. The minimum absolute atomic E-state index is 0.244. The highest BCUT2D eigenvalue weighted by Crippen LogP contribution is 2.29. The van der Waals surface area contributed by atoms with Crippen LogP contribution in [0.1, 0.15) is 13.8 Å². The number of rotatable bonds is 3. The summed E-state index contributed by atoms with van der Waals surface area (Å²) in [5.74, 6) is 0. The number of nitrogens with zero attached hydrogens (tertiary/aromatic N) is 2. The standard InChI is InChI=1S/C14H24N4O2S/c1-10-8-18(9-11(2)17(10)4)14-7-12(5-6-13(14)15)21(19,20)16-3/h5-7,10-11,16H,8-9,15H2,1-4H3. The summed E-state index contributed by atoms with van der Waals surface area (Å²) in [6.45, 7) is 5.97. The Labute approximate surface area is 127 Å². The Balaban J connectivity index is 2.38. The second-order valence-electron chi connectivity index (χ2n) is 5.70. The zero-order valence-corrected chi connectivity index (χ0v) is 13.8. The first kappa shape index (κ1) is 16.1. The molecule has 0 aliphatic carbocycles. The SMILES string of the molecule is CNS(=O)(=O)c1ccc(N)c(N2CC(C)N(C)C(C)C2)c1. The van der Waals surface area contributed by atoms with E-state index >= 15 is 0 Å². The maximum Gasteiger partial charge on any atom is 0.240 e. The van der Waals surface area contributed by atoms with Gasteiger partial charge in [-0.25, -0.2) is 13.1 Å². The zero-order chi connectivity index (χ0) is 15.8. The third kappa shape index (κ3) is 3.14. The lowest BCUT2D eigenvalue weighted by Crippen LogP contribution is -2.55. The molecular formula is C14H24N4O2S. The van der Waals surface area contributed by atoms with Crippen LogP contribution in [0, 0.1) is 0 Å². The first-order chi connectivity index (χ1) is 9.76. The summed E-state index contributed by atoms with van der Waals surface area (Å²) in [4.78, 5) is 4.73. The molecule has 1 fully saturated rings. The summed E-state index contributed by atoms with van der Waals surface area (Å²) < 4.78 is 26.2. The van der Waals surface area contributed by atoms with E-state index in [0.29, 0.717) is 17.8 Å². The third-order valence-electron chi connectivity index (χ3n) is 4.28. The molecule has 2 rings (SSSR count). The molecule has 0 amide bonds. The summed E-state index contributed by atoms with van der Waals surface area (Å²) in [5, 5.41) is 0. The van der Waals surface area contributed by atoms with Crippen LogP contribution in [0.15, 0.2) is 23.1 Å². The van der Waals surface area contributed by atoms with Gasteiger partial charge >= 0.3 is 0 Å². The lowest BCUT2D eigenvalue weighted by Gasteiger charge is -2.43. The van der Waals surface area contributed by atoms with Crippen molar-refractivity contribution in [2.45, 2.75) is 30.8 Å². The molecule has 1 heterocycles. The number of anilines is 2. The molecular weight excluding hydrogens is 288 g/mol. The van der Waals surface area contributed by atoms with E-state index in [4.69, 9.17) is 5.73 Å². The number of nitrogens with two attached hydrogens (primary N) is 1. The number of sulfonamides is 1. The van der Waals surface area contributed by atoms with Crippen LogP contribution in [0.5, 0.6) is 0 Å². The van der Waals surface area contributed by atoms with Crippen LogP contribution < -0.4 is 15.4 Å². The molecule has 0 radical (unpaired) electrons. The van der Waals surface area contributed by atoms with Crippen LogP contribution in [0.4, 0.5) is 11.4 Å². The Morgan fingerprint density at radius 2 is 1.81 bits per heavy atom. The maximum atomic E-state index is 11.9. The molecule has 1 aliphatic rings. The van der Waals surface area contributed by atoms with Gasteiger partial charge in [0.1, 0.15) is 0 Å². The van der Waals surface area contributed by atoms with Gasteiger partial charge in [-0.15, -0.1) is 0 Å². The van der Waals surface area contributed by atoms with Gasteiger partial charge in [0, 0.05) is 25.2 Å². The Kier molecular flexibility index (Phi) is 4.46. The lowest BCUT2D eigenvalue weighted by atomic mass is 10.1. The van der Waals surface area contributed by atoms with Gasteiger partial charge in [-0.2, -0.15) is 0 Å². The van der Waals surface area contributed by atoms with Crippen molar-refractivity contribution in [1.82, 2.24) is 9.62 Å². The van der Waals surface area contributed by atoms with Crippen molar-refractivity contribution < 1.29 is 8.42 Å². The van der Waals surface area contributed by atoms with Crippen LogP contribution in [0.25, 0.3) is 0 Å². The molecule has 21 heavy (non-hydrogen) atoms. The number of nitrogens with one attached hydrogen (secondary N) is 1. The molecule has 7 heteroatoms. The van der Waals surface area contributed by atoms with E-state index < -0.39 is 10.0 Å². The average molecular weight is 312 g/mol. The highest BCUT2D eigenvalue weighted by atomic mass is 32.2. The summed E-state index contributed by atoms with van der Waals surface area (Å²) >= 11 is 0. The molecule has 1 saturated heterocycles. The fourth-order valence-electron chi connectivity index (χ4n) is 2.68. The maximum absolute atomic E-state index is 11.9. The van der Waals surface area contributed by atoms with Crippen molar-refractivity contribution in [3.8, 4) is 0 Å². The molecule has 0 bridgehead atoms. The number of hydrogen-bond acceptors (Lipinski definition) is 5. The number of likely N-dealkylation sites (N-methyl/N-ethyl adjacent to an activating group) is 1. The summed E-state index contributed by atoms with van der Waals surface area (Å²) in [5.41, 5.74) is 7.46. The van der Waals surface area contributed by atoms with Crippen molar-refractivity contribution in [1.29, 1.82) is 0 Å². The van der Waals surface area contributed by atoms with E-state index in [-0.39, 0.29) is 4.90 Å². The normalized spacial score (nSPS) is 24.3. The third-order valence-corrected chi connectivity index (χ3v) is 5.69. The summed E-state index contributed by atoms with van der Waals surface area (Å²) in [6.07, 6.45) is 0. The Morgan fingerprint density at radius 3 is 2.33 bits per heavy atom. The van der Waals surface area contributed by atoms with Crippen LogP contribution in [0.2, 0.25) is 0 Å². The van der Waals surface area contributed by atoms with Crippen LogP contribution in [-0.4, -0.2) is 52.6 Å². The molecule has 2 unspecified atom stereocenters. The van der Waals surface area contributed by atoms with E-state index in [1.807, 2.05) is 0 Å². The minimum atomic E-state index is -3.46. The van der Waals surface area contributed by atoms with Crippen molar-refractivity contribution in [3.05, 3.63) is 18.2 Å². The fraction of sp³-hybridized carbons (Fsp3) is 0.571. The van der Waals surface area contributed by atoms with Crippen LogP contribution >= 0.6 is 0 Å². The van der Waals surface area contributed by atoms with E-state index in [2.05, 4.69) is 35.4 Å². The summed E-state index contributed by atoms with van der Waals surface area (Å²) in [7, 11) is 0.0606. The molecule has 6 nitrogen and oxygen atoms in total. The van der Waals surface area contributed by atoms with Gasteiger partial charge in [0.05, 0.1) is 16.3 Å². The number of benzene rings is 1. The topological polar surface area (TPSA) is 78.7 Å². The van der Waals surface area contributed by atoms with Gasteiger partial charge < -0.3 is 10.6 Å². The largest absolute Gasteiger partial charge is 0.397 e. The highest BCUT2D eigenvalue weighted by molar-refractivity contribution is 7.89. The van der Waals surface area contributed by atoms with Gasteiger partial charge in [0.15, 0.2) is 0 Å². The van der Waals surface area contributed by atoms with Gasteiger partial charge in [-0.3, -0.25) is 4.90 Å². The molecule has 1 aromatic rings. The number of nitrogen functional groups attached to an aromatic ring is 1. The van der Waals surface area contributed by atoms with Crippen molar-refractivity contribution >= 4 is 21.4 Å². The van der Waals surface area contributed by atoms with Gasteiger partial charge in [0.25, 0.3) is 0 Å². The molecule has 118 valence electrons. The lowest BCUT2D eigenvalue weighted by molar-refractivity contribution is 0.170. The first-order valence-electron chi connectivity index (χ1n) is 7.06.